The molecule has 100 valence electrons. The molecule has 2 aromatic carbocycles. The molecule has 2 nitrogen and oxygen atoms in total. The predicted molar refractivity (Wildman–Crippen MR) is 74.5 cm³/mol. The van der Waals surface area contributed by atoms with Crippen molar-refractivity contribution >= 4 is 21.6 Å². The number of anilines is 1. The molecule has 0 bridgehead atoms. The first kappa shape index (κ1) is 13.8. The lowest BCUT2D eigenvalue weighted by molar-refractivity contribution is 0.330. The second kappa shape index (κ2) is 6.52. The van der Waals surface area contributed by atoms with E-state index < -0.39 is 0 Å². The molecule has 1 N–H and O–H groups in total. The summed E-state index contributed by atoms with van der Waals surface area (Å²) in [5.41, 5.74) is 0.424. The number of rotatable bonds is 5. The van der Waals surface area contributed by atoms with E-state index in [0.717, 1.165) is 0 Å². The van der Waals surface area contributed by atoms with Crippen molar-refractivity contribution in [1.29, 1.82) is 0 Å². The maximum Gasteiger partial charge on any atom is 0.146 e. The Balaban J connectivity index is 1.81. The summed E-state index contributed by atoms with van der Waals surface area (Å²) in [6.45, 7) is 0.744. The van der Waals surface area contributed by atoms with Gasteiger partial charge in [-0.3, -0.25) is 0 Å². The van der Waals surface area contributed by atoms with E-state index in [1.54, 1.807) is 30.3 Å². The Morgan fingerprint density at radius 3 is 2.58 bits per heavy atom. The molecule has 0 heterocycles. The van der Waals surface area contributed by atoms with Gasteiger partial charge in [0, 0.05) is 12.6 Å². The van der Waals surface area contributed by atoms with Gasteiger partial charge in [-0.2, -0.15) is 0 Å². The van der Waals surface area contributed by atoms with Crippen LogP contribution < -0.4 is 10.1 Å². The smallest absolute Gasteiger partial charge is 0.146 e. The highest BCUT2D eigenvalue weighted by atomic mass is 79.9. The van der Waals surface area contributed by atoms with Gasteiger partial charge >= 0.3 is 0 Å². The number of benzene rings is 2. The predicted octanol–water partition coefficient (Wildman–Crippen LogP) is 4.22. The van der Waals surface area contributed by atoms with Crippen LogP contribution in [0, 0.1) is 11.6 Å². The number of ether oxygens (including phenoxy) is 1. The normalized spacial score (nSPS) is 10.3. The van der Waals surface area contributed by atoms with E-state index in [1.165, 1.54) is 12.1 Å². The Morgan fingerprint density at radius 1 is 1.05 bits per heavy atom. The van der Waals surface area contributed by atoms with Crippen LogP contribution in [-0.2, 0) is 0 Å². The van der Waals surface area contributed by atoms with Gasteiger partial charge in [-0.1, -0.05) is 12.1 Å². The van der Waals surface area contributed by atoms with Gasteiger partial charge in [0.15, 0.2) is 0 Å². The summed E-state index contributed by atoms with van der Waals surface area (Å²) in [5, 5.41) is 2.91. The van der Waals surface area contributed by atoms with Gasteiger partial charge in [-0.15, -0.1) is 0 Å². The fraction of sp³-hybridized carbons (Fsp3) is 0.143. The zero-order valence-electron chi connectivity index (χ0n) is 10.00. The zero-order chi connectivity index (χ0) is 13.7. The Hall–Kier alpha value is -1.62. The summed E-state index contributed by atoms with van der Waals surface area (Å²) < 4.78 is 32.2. The third-order valence-electron chi connectivity index (χ3n) is 2.45. The van der Waals surface area contributed by atoms with Crippen molar-refractivity contribution in [3.63, 3.8) is 0 Å². The highest BCUT2D eigenvalue weighted by Crippen LogP contribution is 2.20. The molecule has 5 heteroatoms. The third-order valence-corrected chi connectivity index (χ3v) is 3.09. The van der Waals surface area contributed by atoms with E-state index in [4.69, 9.17) is 4.74 Å². The first-order chi connectivity index (χ1) is 9.16. The molecule has 2 aromatic rings. The molecule has 0 saturated carbocycles. The Kier molecular flexibility index (Phi) is 4.74. The SMILES string of the molecule is Fc1cc(OCCNc2ccccc2F)ccc1Br. The van der Waals surface area contributed by atoms with Gasteiger partial charge in [0.2, 0.25) is 0 Å². The lowest BCUT2D eigenvalue weighted by Crippen LogP contribution is -2.12. The molecule has 2 rings (SSSR count). The summed E-state index contributed by atoms with van der Waals surface area (Å²) in [4.78, 5) is 0. The molecule has 0 aliphatic heterocycles. The van der Waals surface area contributed by atoms with Gasteiger partial charge in [0.05, 0.1) is 10.2 Å². The summed E-state index contributed by atoms with van der Waals surface area (Å²) in [6, 6.07) is 10.9. The van der Waals surface area contributed by atoms with E-state index in [9.17, 15) is 8.78 Å². The van der Waals surface area contributed by atoms with Crippen molar-refractivity contribution in [2.24, 2.45) is 0 Å². The number of halogens is 3. The van der Waals surface area contributed by atoms with Gasteiger partial charge in [0.25, 0.3) is 0 Å². The number of para-hydroxylation sites is 1. The van der Waals surface area contributed by atoms with Crippen LogP contribution in [-0.4, -0.2) is 13.2 Å². The Bertz CT molecular complexity index is 563. The van der Waals surface area contributed by atoms with Crippen LogP contribution in [0.5, 0.6) is 5.75 Å². The lowest BCUT2D eigenvalue weighted by atomic mass is 10.3. The molecule has 19 heavy (non-hydrogen) atoms. The minimum absolute atomic E-state index is 0.308. The zero-order valence-corrected chi connectivity index (χ0v) is 11.6. The maximum atomic E-state index is 13.3. The highest BCUT2D eigenvalue weighted by molar-refractivity contribution is 9.10. The van der Waals surface area contributed by atoms with Gasteiger partial charge in [0.1, 0.15) is 24.0 Å². The lowest BCUT2D eigenvalue weighted by Gasteiger charge is -2.09. The second-order valence-corrected chi connectivity index (χ2v) is 4.69. The van der Waals surface area contributed by atoms with Crippen LogP contribution in [0.25, 0.3) is 0 Å². The topological polar surface area (TPSA) is 21.3 Å². The molecule has 0 atom stereocenters. The monoisotopic (exact) mass is 327 g/mol. The minimum Gasteiger partial charge on any atom is -0.492 e. The van der Waals surface area contributed by atoms with E-state index >= 15 is 0 Å². The highest BCUT2D eigenvalue weighted by Gasteiger charge is 2.02. The molecule has 0 radical (unpaired) electrons. The summed E-state index contributed by atoms with van der Waals surface area (Å²) in [7, 11) is 0. The van der Waals surface area contributed by atoms with E-state index in [-0.39, 0.29) is 11.6 Å². The van der Waals surface area contributed by atoms with E-state index in [0.29, 0.717) is 29.1 Å². The van der Waals surface area contributed by atoms with Crippen molar-refractivity contribution in [3.05, 3.63) is 58.6 Å². The summed E-state index contributed by atoms with van der Waals surface area (Å²) >= 11 is 3.07. The average molecular weight is 328 g/mol. The van der Waals surface area contributed by atoms with Crippen molar-refractivity contribution in [3.8, 4) is 5.75 Å². The van der Waals surface area contributed by atoms with Crippen LogP contribution in [0.15, 0.2) is 46.9 Å². The molecule has 0 saturated heterocycles. The maximum absolute atomic E-state index is 13.3. The van der Waals surface area contributed by atoms with Crippen LogP contribution in [0.3, 0.4) is 0 Å². The largest absolute Gasteiger partial charge is 0.492 e. The van der Waals surface area contributed by atoms with Crippen molar-refractivity contribution in [2.75, 3.05) is 18.5 Å². The fourth-order valence-electron chi connectivity index (χ4n) is 1.53. The fourth-order valence-corrected chi connectivity index (χ4v) is 1.77. The third kappa shape index (κ3) is 3.92. The van der Waals surface area contributed by atoms with Crippen molar-refractivity contribution in [2.45, 2.75) is 0 Å². The molecule has 0 fully saturated rings. The number of nitrogens with one attached hydrogen (secondary N) is 1. The minimum atomic E-state index is -0.375. The van der Waals surface area contributed by atoms with Gasteiger partial charge in [-0.05, 0) is 40.2 Å². The molecule has 0 spiro atoms. The number of hydrogen-bond donors (Lipinski definition) is 1. The van der Waals surface area contributed by atoms with Gasteiger partial charge < -0.3 is 10.1 Å². The van der Waals surface area contributed by atoms with Crippen molar-refractivity contribution in [1.82, 2.24) is 0 Å². The van der Waals surface area contributed by atoms with E-state index in [1.807, 2.05) is 0 Å². The molecule has 0 aliphatic rings. The van der Waals surface area contributed by atoms with E-state index in [2.05, 4.69) is 21.2 Å². The molecular weight excluding hydrogens is 316 g/mol. The average Bonchev–Trinajstić information content (AvgIpc) is 2.40. The molecule has 0 unspecified atom stereocenters. The van der Waals surface area contributed by atoms with Crippen LogP contribution in [0.4, 0.5) is 14.5 Å². The van der Waals surface area contributed by atoms with Crippen LogP contribution >= 0.6 is 15.9 Å². The first-order valence-electron chi connectivity index (χ1n) is 5.73. The molecule has 0 aliphatic carbocycles. The Morgan fingerprint density at radius 2 is 1.84 bits per heavy atom. The quantitative estimate of drug-likeness (QED) is 0.830. The van der Waals surface area contributed by atoms with Crippen molar-refractivity contribution < 1.29 is 13.5 Å². The first-order valence-corrected chi connectivity index (χ1v) is 6.52. The number of hydrogen-bond acceptors (Lipinski definition) is 2. The summed E-state index contributed by atoms with van der Waals surface area (Å²) in [6.07, 6.45) is 0. The Labute approximate surface area is 118 Å². The molecule has 0 amide bonds. The van der Waals surface area contributed by atoms with Crippen LogP contribution in [0.2, 0.25) is 0 Å². The van der Waals surface area contributed by atoms with Gasteiger partial charge in [-0.25, -0.2) is 8.78 Å². The molecule has 0 aromatic heterocycles. The molecular formula is C14H12BrF2NO. The van der Waals surface area contributed by atoms with Crippen LogP contribution in [0.1, 0.15) is 0 Å². The second-order valence-electron chi connectivity index (χ2n) is 3.83. The standard InChI is InChI=1S/C14H12BrF2NO/c15-11-6-5-10(9-13(11)17)19-8-7-18-14-4-2-1-3-12(14)16/h1-6,9,18H,7-8H2. The summed E-state index contributed by atoms with van der Waals surface area (Å²) in [5.74, 6) is -0.243.